The summed E-state index contributed by atoms with van der Waals surface area (Å²) in [7, 11) is 0. The minimum Gasteiger partial charge on any atom is -0.494 e. The van der Waals surface area contributed by atoms with Gasteiger partial charge < -0.3 is 14.7 Å². The highest BCUT2D eigenvalue weighted by Gasteiger charge is 2.33. The number of ketones is 1. The number of para-hydroxylation sites is 2. The predicted molar refractivity (Wildman–Crippen MR) is 104 cm³/mol. The van der Waals surface area contributed by atoms with Gasteiger partial charge >= 0.3 is 6.03 Å². The molecule has 0 unspecified atom stereocenters. The number of ether oxygens (including phenoxy) is 1. The van der Waals surface area contributed by atoms with Gasteiger partial charge in [0.05, 0.1) is 30.0 Å². The van der Waals surface area contributed by atoms with Gasteiger partial charge in [-0.15, -0.1) is 0 Å². The summed E-state index contributed by atoms with van der Waals surface area (Å²) in [6.07, 6.45) is 0. The number of fused-ring (bicyclic) bond motifs is 2. The fourth-order valence-corrected chi connectivity index (χ4v) is 3.78. The first-order chi connectivity index (χ1) is 13.7. The second-order valence-corrected chi connectivity index (χ2v) is 6.74. The normalized spacial score (nSPS) is 16.4. The lowest BCUT2D eigenvalue weighted by Crippen LogP contribution is -2.42. The molecule has 3 aromatic rings. The summed E-state index contributed by atoms with van der Waals surface area (Å²) in [6, 6.07) is 13.9. The van der Waals surface area contributed by atoms with Gasteiger partial charge in [0.1, 0.15) is 5.71 Å². The number of amides is 1. The fraction of sp³-hybridized carbons (Fsp3) is 0.190. The van der Waals surface area contributed by atoms with Crippen LogP contribution >= 0.6 is 0 Å². The lowest BCUT2D eigenvalue weighted by molar-refractivity contribution is 0.0534. The largest absolute Gasteiger partial charge is 0.494 e. The number of aliphatic imine (C=N–C) groups is 1. The summed E-state index contributed by atoms with van der Waals surface area (Å²) in [5.41, 5.74) is 2.05. The van der Waals surface area contributed by atoms with Crippen molar-refractivity contribution in [2.75, 3.05) is 26.3 Å². The van der Waals surface area contributed by atoms with Crippen LogP contribution in [0.25, 0.3) is 10.9 Å². The molecular formula is C21H17N3O4. The summed E-state index contributed by atoms with van der Waals surface area (Å²) in [5, 5.41) is 11.6. The Balaban J connectivity index is 1.69. The van der Waals surface area contributed by atoms with Crippen LogP contribution in [-0.2, 0) is 4.74 Å². The van der Waals surface area contributed by atoms with Crippen molar-refractivity contribution < 1.29 is 19.4 Å². The van der Waals surface area contributed by atoms with Crippen molar-refractivity contribution in [3.05, 3.63) is 59.7 Å². The van der Waals surface area contributed by atoms with E-state index in [0.717, 1.165) is 0 Å². The summed E-state index contributed by atoms with van der Waals surface area (Å²) < 4.78 is 6.57. The second kappa shape index (κ2) is 6.31. The first-order valence-electron chi connectivity index (χ1n) is 9.09. The Kier molecular flexibility index (Phi) is 3.77. The Morgan fingerprint density at radius 1 is 1.04 bits per heavy atom. The molecule has 0 atom stereocenters. The summed E-state index contributed by atoms with van der Waals surface area (Å²) in [4.78, 5) is 32.1. The third-order valence-corrected chi connectivity index (χ3v) is 5.16. The SMILES string of the molecule is O=C1C(c2c(O)n(C(=O)N3CCOCC3)c3ccccc23)=Nc2ccccc21. The highest BCUT2D eigenvalue weighted by molar-refractivity contribution is 6.56. The van der Waals surface area contributed by atoms with Crippen LogP contribution < -0.4 is 0 Å². The zero-order valence-corrected chi connectivity index (χ0v) is 15.0. The number of aromatic hydroxyl groups is 1. The molecule has 7 nitrogen and oxygen atoms in total. The number of rotatable bonds is 1. The molecule has 5 rings (SSSR count). The van der Waals surface area contributed by atoms with E-state index in [4.69, 9.17) is 4.74 Å². The van der Waals surface area contributed by atoms with Crippen molar-refractivity contribution in [3.63, 3.8) is 0 Å². The number of carbonyl (C=O) groups is 2. The van der Waals surface area contributed by atoms with Gasteiger partial charge in [0, 0.05) is 24.0 Å². The molecule has 140 valence electrons. The number of carbonyl (C=O) groups excluding carboxylic acids is 2. The van der Waals surface area contributed by atoms with E-state index in [2.05, 4.69) is 4.99 Å². The van der Waals surface area contributed by atoms with Gasteiger partial charge in [-0.05, 0) is 18.2 Å². The topological polar surface area (TPSA) is 84.1 Å². The van der Waals surface area contributed by atoms with Crippen molar-refractivity contribution in [2.45, 2.75) is 0 Å². The van der Waals surface area contributed by atoms with Crippen LogP contribution in [0.3, 0.4) is 0 Å². The monoisotopic (exact) mass is 375 g/mol. The van der Waals surface area contributed by atoms with Gasteiger partial charge in [-0.3, -0.25) is 4.79 Å². The average Bonchev–Trinajstić information content (AvgIpc) is 3.22. The molecule has 0 radical (unpaired) electrons. The van der Waals surface area contributed by atoms with E-state index in [1.165, 1.54) is 4.57 Å². The average molecular weight is 375 g/mol. The second-order valence-electron chi connectivity index (χ2n) is 6.74. The van der Waals surface area contributed by atoms with Crippen LogP contribution in [0, 0.1) is 0 Å². The van der Waals surface area contributed by atoms with Crippen LogP contribution in [0.15, 0.2) is 53.5 Å². The van der Waals surface area contributed by atoms with Crippen molar-refractivity contribution in [1.82, 2.24) is 9.47 Å². The van der Waals surface area contributed by atoms with Crippen molar-refractivity contribution in [3.8, 4) is 5.88 Å². The van der Waals surface area contributed by atoms with E-state index < -0.39 is 0 Å². The molecular weight excluding hydrogens is 358 g/mol. The Morgan fingerprint density at radius 2 is 1.75 bits per heavy atom. The highest BCUT2D eigenvalue weighted by Crippen LogP contribution is 2.37. The number of hydrogen-bond donors (Lipinski definition) is 1. The molecule has 1 fully saturated rings. The molecule has 7 heteroatoms. The van der Waals surface area contributed by atoms with E-state index in [9.17, 15) is 14.7 Å². The zero-order valence-electron chi connectivity index (χ0n) is 15.0. The molecule has 28 heavy (non-hydrogen) atoms. The van der Waals surface area contributed by atoms with Gasteiger partial charge in [-0.2, -0.15) is 0 Å². The van der Waals surface area contributed by atoms with Crippen molar-refractivity contribution in [1.29, 1.82) is 0 Å². The number of hydrogen-bond acceptors (Lipinski definition) is 5. The van der Waals surface area contributed by atoms with Crippen molar-refractivity contribution in [2.24, 2.45) is 4.99 Å². The third-order valence-electron chi connectivity index (χ3n) is 5.16. The number of aromatic nitrogens is 1. The number of benzene rings is 2. The molecule has 0 spiro atoms. The van der Waals surface area contributed by atoms with E-state index >= 15 is 0 Å². The molecule has 0 bridgehead atoms. The molecule has 2 aliphatic rings. The maximum absolute atomic E-state index is 13.1. The number of morpholine rings is 1. The maximum Gasteiger partial charge on any atom is 0.331 e. The van der Waals surface area contributed by atoms with Crippen LogP contribution in [0.4, 0.5) is 10.5 Å². The van der Waals surface area contributed by atoms with Gasteiger partial charge in [0.15, 0.2) is 0 Å². The van der Waals surface area contributed by atoms with E-state index in [1.54, 1.807) is 41.3 Å². The quantitative estimate of drug-likeness (QED) is 0.709. The summed E-state index contributed by atoms with van der Waals surface area (Å²) in [5.74, 6) is -0.523. The number of Topliss-reactive ketones (excluding diaryl/α,β-unsaturated/α-hetero) is 1. The minimum atomic E-state index is -0.341. The molecule has 1 amide bonds. The molecule has 0 saturated carbocycles. The molecule has 0 aliphatic carbocycles. The molecule has 2 aromatic carbocycles. The Labute approximate surface area is 160 Å². The fourth-order valence-electron chi connectivity index (χ4n) is 3.78. The molecule has 2 aliphatic heterocycles. The smallest absolute Gasteiger partial charge is 0.331 e. The third kappa shape index (κ3) is 2.36. The van der Waals surface area contributed by atoms with Gasteiger partial charge in [-0.25, -0.2) is 14.4 Å². The van der Waals surface area contributed by atoms with E-state index in [0.29, 0.717) is 54.0 Å². The first-order valence-corrected chi connectivity index (χ1v) is 9.09. The lowest BCUT2D eigenvalue weighted by Gasteiger charge is -2.27. The molecule has 3 heterocycles. The van der Waals surface area contributed by atoms with Crippen LogP contribution in [0.5, 0.6) is 5.88 Å². The maximum atomic E-state index is 13.1. The van der Waals surface area contributed by atoms with Crippen LogP contribution in [-0.4, -0.2) is 58.4 Å². The van der Waals surface area contributed by atoms with Crippen LogP contribution in [0.1, 0.15) is 15.9 Å². The van der Waals surface area contributed by atoms with Gasteiger partial charge in [0.25, 0.3) is 0 Å². The van der Waals surface area contributed by atoms with Crippen LogP contribution in [0.2, 0.25) is 0 Å². The summed E-state index contributed by atoms with van der Waals surface area (Å²) in [6.45, 7) is 1.81. The Bertz CT molecular complexity index is 1160. The molecule has 1 saturated heterocycles. The van der Waals surface area contributed by atoms with Gasteiger partial charge in [0.2, 0.25) is 11.7 Å². The van der Waals surface area contributed by atoms with E-state index in [-0.39, 0.29) is 23.4 Å². The summed E-state index contributed by atoms with van der Waals surface area (Å²) >= 11 is 0. The van der Waals surface area contributed by atoms with E-state index in [1.807, 2.05) is 12.1 Å². The minimum absolute atomic E-state index is 0.156. The lowest BCUT2D eigenvalue weighted by atomic mass is 10.0. The molecule has 1 N–H and O–H groups in total. The van der Waals surface area contributed by atoms with Crippen molar-refractivity contribution >= 4 is 34.1 Å². The predicted octanol–water partition coefficient (Wildman–Crippen LogP) is 2.96. The Hall–Kier alpha value is -3.45. The zero-order chi connectivity index (χ0) is 19.3. The first kappa shape index (κ1) is 16.7. The number of nitrogens with zero attached hydrogens (tertiary/aromatic N) is 3. The highest BCUT2D eigenvalue weighted by atomic mass is 16.5. The standard InChI is InChI=1S/C21H17N3O4/c25-19-13-5-1-3-7-15(13)22-18(19)17-14-6-2-4-8-16(14)24(20(17)26)21(27)23-9-11-28-12-10-23/h1-8,26H,9-12H2. The Morgan fingerprint density at radius 3 is 2.54 bits per heavy atom. The molecule has 1 aromatic heterocycles. The van der Waals surface area contributed by atoms with Gasteiger partial charge in [-0.1, -0.05) is 30.3 Å².